The second kappa shape index (κ2) is 6.16. The Labute approximate surface area is 139 Å². The maximum absolute atomic E-state index is 11.0. The number of nitro benzene ring substituents is 1. The molecule has 0 spiro atoms. The molecule has 0 amide bonds. The highest BCUT2D eigenvalue weighted by atomic mass is 16.6. The van der Waals surface area contributed by atoms with E-state index in [4.69, 9.17) is 0 Å². The summed E-state index contributed by atoms with van der Waals surface area (Å²) in [6.07, 6.45) is 2.18. The third-order valence-corrected chi connectivity index (χ3v) is 4.39. The van der Waals surface area contributed by atoms with Crippen LogP contribution in [0.2, 0.25) is 0 Å². The third kappa shape index (κ3) is 3.35. The molecule has 0 aliphatic heterocycles. The van der Waals surface area contributed by atoms with Crippen LogP contribution in [0.4, 0.5) is 11.5 Å². The van der Waals surface area contributed by atoms with Crippen LogP contribution in [-0.2, 0) is 0 Å². The van der Waals surface area contributed by atoms with Crippen LogP contribution in [0.1, 0.15) is 25.5 Å². The van der Waals surface area contributed by atoms with Gasteiger partial charge < -0.3 is 10.4 Å². The zero-order valence-electron chi connectivity index (χ0n) is 13.7. The molecular weight excluding hydrogens is 308 g/mol. The number of aliphatic hydroxyl groups excluding tert-OH is 1. The van der Waals surface area contributed by atoms with Gasteiger partial charge in [-0.3, -0.25) is 10.1 Å². The molecule has 1 aliphatic carbocycles. The molecule has 2 N–H and O–H groups in total. The van der Waals surface area contributed by atoms with E-state index in [9.17, 15) is 15.2 Å². The summed E-state index contributed by atoms with van der Waals surface area (Å²) in [6, 6.07) is 8.09. The lowest BCUT2D eigenvalue weighted by Crippen LogP contribution is -2.41. The smallest absolute Gasteiger partial charge is 0.270 e. The Morgan fingerprint density at radius 2 is 2.12 bits per heavy atom. The minimum absolute atomic E-state index is 0.00490. The van der Waals surface area contributed by atoms with Crippen molar-refractivity contribution in [2.75, 3.05) is 11.9 Å². The van der Waals surface area contributed by atoms with Gasteiger partial charge in [-0.1, -0.05) is 12.1 Å². The Morgan fingerprint density at radius 3 is 2.75 bits per heavy atom. The predicted molar refractivity (Wildman–Crippen MR) is 90.7 cm³/mol. The Kier molecular flexibility index (Phi) is 4.19. The fraction of sp³-hybridized carbons (Fsp3) is 0.412. The molecule has 24 heavy (non-hydrogen) atoms. The van der Waals surface area contributed by atoms with E-state index in [0.717, 1.165) is 18.5 Å². The van der Waals surface area contributed by atoms with Gasteiger partial charge in [0.15, 0.2) is 5.82 Å². The molecule has 1 aromatic heterocycles. The highest BCUT2D eigenvalue weighted by molar-refractivity contribution is 5.61. The van der Waals surface area contributed by atoms with Gasteiger partial charge in [0.05, 0.1) is 17.1 Å². The fourth-order valence-electron chi connectivity index (χ4n) is 2.80. The lowest BCUT2D eigenvalue weighted by atomic mass is 9.97. The van der Waals surface area contributed by atoms with Crippen LogP contribution in [0.15, 0.2) is 30.3 Å². The van der Waals surface area contributed by atoms with Crippen LogP contribution in [0.3, 0.4) is 0 Å². The van der Waals surface area contributed by atoms with Crippen molar-refractivity contribution in [3.8, 4) is 11.4 Å². The van der Waals surface area contributed by atoms with Crippen molar-refractivity contribution in [1.29, 1.82) is 0 Å². The van der Waals surface area contributed by atoms with Gasteiger partial charge in [-0.15, -0.1) is 0 Å². The summed E-state index contributed by atoms with van der Waals surface area (Å²) in [7, 11) is 0. The quantitative estimate of drug-likeness (QED) is 0.624. The van der Waals surface area contributed by atoms with Gasteiger partial charge in [0, 0.05) is 29.5 Å². The molecule has 1 saturated carbocycles. The van der Waals surface area contributed by atoms with E-state index in [2.05, 4.69) is 15.3 Å². The average molecular weight is 328 g/mol. The molecule has 1 heterocycles. The first-order chi connectivity index (χ1) is 11.4. The number of aromatic nitrogens is 2. The second-order valence-corrected chi connectivity index (χ2v) is 6.50. The first kappa shape index (κ1) is 16.3. The van der Waals surface area contributed by atoms with Crippen LogP contribution < -0.4 is 5.32 Å². The number of hydrogen-bond donors (Lipinski definition) is 2. The summed E-state index contributed by atoms with van der Waals surface area (Å²) in [5.41, 5.74) is 0.934. The molecule has 1 aromatic carbocycles. The van der Waals surface area contributed by atoms with Crippen LogP contribution in [0.5, 0.6) is 0 Å². The predicted octanol–water partition coefficient (Wildman–Crippen LogP) is 2.93. The Balaban J connectivity index is 1.94. The molecule has 0 bridgehead atoms. The molecule has 0 radical (unpaired) electrons. The number of rotatable bonds is 6. The van der Waals surface area contributed by atoms with Crippen molar-refractivity contribution in [3.63, 3.8) is 0 Å². The summed E-state index contributed by atoms with van der Waals surface area (Å²) >= 11 is 0. The zero-order chi connectivity index (χ0) is 17.3. The van der Waals surface area contributed by atoms with Gasteiger partial charge in [-0.25, -0.2) is 9.97 Å². The minimum atomic E-state index is -0.436. The Bertz CT molecular complexity index is 776. The summed E-state index contributed by atoms with van der Waals surface area (Å²) in [6.45, 7) is 3.85. The Morgan fingerprint density at radius 1 is 1.38 bits per heavy atom. The van der Waals surface area contributed by atoms with Crippen molar-refractivity contribution in [2.45, 2.75) is 32.2 Å². The van der Waals surface area contributed by atoms with E-state index in [1.807, 2.05) is 19.9 Å². The zero-order valence-corrected chi connectivity index (χ0v) is 13.7. The van der Waals surface area contributed by atoms with E-state index in [-0.39, 0.29) is 12.3 Å². The van der Waals surface area contributed by atoms with E-state index < -0.39 is 10.5 Å². The van der Waals surface area contributed by atoms with Crippen molar-refractivity contribution >= 4 is 11.5 Å². The van der Waals surface area contributed by atoms with Gasteiger partial charge in [0.2, 0.25) is 0 Å². The van der Waals surface area contributed by atoms with E-state index in [1.165, 1.54) is 12.1 Å². The summed E-state index contributed by atoms with van der Waals surface area (Å²) in [4.78, 5) is 19.4. The maximum Gasteiger partial charge on any atom is 0.270 e. The highest BCUT2D eigenvalue weighted by Crippen LogP contribution is 2.41. The number of benzene rings is 1. The molecule has 126 valence electrons. The lowest BCUT2D eigenvalue weighted by Gasteiger charge is -2.29. The third-order valence-electron chi connectivity index (χ3n) is 4.39. The highest BCUT2D eigenvalue weighted by Gasteiger charge is 2.41. The number of nitro groups is 1. The van der Waals surface area contributed by atoms with Crippen molar-refractivity contribution in [1.82, 2.24) is 9.97 Å². The van der Waals surface area contributed by atoms with Crippen LogP contribution >= 0.6 is 0 Å². The molecular formula is C17H20N4O3. The monoisotopic (exact) mass is 328 g/mol. The van der Waals surface area contributed by atoms with Gasteiger partial charge in [0.25, 0.3) is 5.69 Å². The number of aliphatic hydroxyl groups is 1. The maximum atomic E-state index is 11.0. The van der Waals surface area contributed by atoms with Gasteiger partial charge >= 0.3 is 0 Å². The van der Waals surface area contributed by atoms with Gasteiger partial charge in [-0.2, -0.15) is 0 Å². The standard InChI is InChI=1S/C17H20N4O3/c1-11-8-15(20-17(2,10-22)13-6-7-13)19-16(18-11)12-4-3-5-14(9-12)21(23)24/h3-5,8-9,13,22H,6-7,10H2,1-2H3,(H,18,19,20). The van der Waals surface area contributed by atoms with Crippen LogP contribution in [0.25, 0.3) is 11.4 Å². The number of non-ortho nitro benzene ring substituents is 1. The number of nitrogens with zero attached hydrogens (tertiary/aromatic N) is 3. The molecule has 1 fully saturated rings. The molecule has 0 saturated heterocycles. The topological polar surface area (TPSA) is 101 Å². The molecule has 1 atom stereocenters. The van der Waals surface area contributed by atoms with E-state index in [0.29, 0.717) is 23.1 Å². The van der Waals surface area contributed by atoms with Crippen molar-refractivity contribution in [2.24, 2.45) is 5.92 Å². The number of aryl methyl sites for hydroxylation is 1. The van der Waals surface area contributed by atoms with E-state index >= 15 is 0 Å². The molecule has 1 unspecified atom stereocenters. The van der Waals surface area contributed by atoms with Crippen LogP contribution in [-0.4, -0.2) is 32.1 Å². The van der Waals surface area contributed by atoms with Crippen LogP contribution in [0, 0.1) is 23.0 Å². The number of nitrogens with one attached hydrogen (secondary N) is 1. The summed E-state index contributed by atoms with van der Waals surface area (Å²) in [5.74, 6) is 1.48. The normalized spacial score (nSPS) is 16.5. The molecule has 3 rings (SSSR count). The SMILES string of the molecule is Cc1cc(NC(C)(CO)C2CC2)nc(-c2cccc([N+](=O)[O-])c2)n1. The van der Waals surface area contributed by atoms with Gasteiger partial charge in [0.1, 0.15) is 5.82 Å². The number of hydrogen-bond acceptors (Lipinski definition) is 6. The molecule has 7 nitrogen and oxygen atoms in total. The van der Waals surface area contributed by atoms with Crippen molar-refractivity contribution in [3.05, 3.63) is 46.1 Å². The second-order valence-electron chi connectivity index (χ2n) is 6.50. The lowest BCUT2D eigenvalue weighted by molar-refractivity contribution is -0.384. The largest absolute Gasteiger partial charge is 0.394 e. The first-order valence-electron chi connectivity index (χ1n) is 7.91. The minimum Gasteiger partial charge on any atom is -0.394 e. The average Bonchev–Trinajstić information content (AvgIpc) is 3.39. The van der Waals surface area contributed by atoms with E-state index in [1.54, 1.807) is 12.1 Å². The summed E-state index contributed by atoms with van der Waals surface area (Å²) in [5, 5.41) is 24.0. The fourth-order valence-corrected chi connectivity index (χ4v) is 2.80. The molecule has 7 heteroatoms. The molecule has 1 aliphatic rings. The summed E-state index contributed by atoms with van der Waals surface area (Å²) < 4.78 is 0. The van der Waals surface area contributed by atoms with Crippen molar-refractivity contribution < 1.29 is 10.0 Å². The molecule has 2 aromatic rings. The van der Waals surface area contributed by atoms with Gasteiger partial charge in [-0.05, 0) is 32.6 Å². The first-order valence-corrected chi connectivity index (χ1v) is 7.91. The Hall–Kier alpha value is -2.54. The number of anilines is 1.